The molecule has 2 aromatic rings. The molecule has 2 unspecified atom stereocenters. The number of carbonyl (C=O) groups is 1. The van der Waals surface area contributed by atoms with E-state index in [1.165, 1.54) is 5.70 Å². The summed E-state index contributed by atoms with van der Waals surface area (Å²) in [6, 6.07) is 4.46. The Hall–Kier alpha value is -2.83. The first-order chi connectivity index (χ1) is 17.0. The molecule has 2 aliphatic carbocycles. The Morgan fingerprint density at radius 3 is 2.66 bits per heavy atom. The van der Waals surface area contributed by atoms with Crippen molar-refractivity contribution in [1.29, 1.82) is 0 Å². The second-order valence-electron chi connectivity index (χ2n) is 9.61. The summed E-state index contributed by atoms with van der Waals surface area (Å²) in [7, 11) is 0. The first-order valence-electron chi connectivity index (χ1n) is 12.7. The Morgan fingerprint density at radius 2 is 1.97 bits per heavy atom. The lowest BCUT2D eigenvalue weighted by Gasteiger charge is -2.40. The number of piperazine rings is 1. The number of halogens is 1. The Morgan fingerprint density at radius 1 is 1.14 bits per heavy atom. The molecule has 5 rings (SSSR count). The van der Waals surface area contributed by atoms with Gasteiger partial charge in [-0.3, -0.25) is 14.1 Å². The van der Waals surface area contributed by atoms with E-state index in [4.69, 9.17) is 16.6 Å². The number of aromatic nitrogens is 2. The quantitative estimate of drug-likeness (QED) is 0.648. The number of imidazole rings is 1. The van der Waals surface area contributed by atoms with Crippen LogP contribution >= 0.6 is 11.6 Å². The van der Waals surface area contributed by atoms with E-state index in [1.54, 1.807) is 0 Å². The number of allylic oxidation sites excluding steroid dienone is 4. The molecule has 1 N–H and O–H groups in total. The number of rotatable bonds is 6. The number of fused-ring (bicyclic) bond motifs is 1. The van der Waals surface area contributed by atoms with Gasteiger partial charge in [0, 0.05) is 55.7 Å². The lowest BCUT2D eigenvalue weighted by Crippen LogP contribution is -2.49. The minimum Gasteiger partial charge on any atom is -0.369 e. The van der Waals surface area contributed by atoms with E-state index >= 15 is 0 Å². The van der Waals surface area contributed by atoms with Crippen LogP contribution in [-0.2, 0) is 6.42 Å². The van der Waals surface area contributed by atoms with Gasteiger partial charge in [-0.2, -0.15) is 0 Å². The normalized spacial score (nSPS) is 22.9. The number of amides is 1. The summed E-state index contributed by atoms with van der Waals surface area (Å²) in [6.07, 6.45) is 17.8. The molecule has 0 bridgehead atoms. The molecule has 1 saturated heterocycles. The molecule has 35 heavy (non-hydrogen) atoms. The average molecular weight is 492 g/mol. The largest absolute Gasteiger partial charge is 0.369 e. The number of nitrogens with zero attached hydrogens (tertiary/aromatic N) is 4. The highest BCUT2D eigenvalue weighted by molar-refractivity contribution is 6.31. The predicted octanol–water partition coefficient (Wildman–Crippen LogP) is 4.46. The second-order valence-corrected chi connectivity index (χ2v) is 10.1. The van der Waals surface area contributed by atoms with Crippen LogP contribution in [0.1, 0.15) is 41.5 Å². The number of hydrogen-bond donors (Lipinski definition) is 1. The minimum absolute atomic E-state index is 0.0489. The van der Waals surface area contributed by atoms with Gasteiger partial charge >= 0.3 is 0 Å². The summed E-state index contributed by atoms with van der Waals surface area (Å²) in [4.78, 5) is 22.8. The Bertz CT molecular complexity index is 1220. The van der Waals surface area contributed by atoms with Crippen molar-refractivity contribution >= 4 is 23.2 Å². The number of aryl methyl sites for hydroxylation is 2. The van der Waals surface area contributed by atoms with Crippen LogP contribution in [0.4, 0.5) is 0 Å². The standard InChI is InChI=1S/C28H34ClN5O/c1-3-25-26(34-14-4-5-20(2)27(34)31-25)28(35)30-19-21-6-10-23(11-7-21)32-15-17-33(18-16-32)24-12-8-22(29)9-13-24/h4-6,8-12,14,21,24H,3,7,13,15-19H2,1-2H3,(H,30,35). The zero-order chi connectivity index (χ0) is 24.4. The van der Waals surface area contributed by atoms with Gasteiger partial charge in [0.1, 0.15) is 11.3 Å². The van der Waals surface area contributed by atoms with Crippen molar-refractivity contribution in [2.75, 3.05) is 32.7 Å². The fraction of sp³-hybridized carbons (Fsp3) is 0.429. The maximum Gasteiger partial charge on any atom is 0.270 e. The molecule has 6 nitrogen and oxygen atoms in total. The zero-order valence-corrected chi connectivity index (χ0v) is 21.3. The first kappa shape index (κ1) is 23.9. The molecule has 3 aliphatic rings. The van der Waals surface area contributed by atoms with Crippen LogP contribution in [0.15, 0.2) is 65.5 Å². The maximum absolute atomic E-state index is 13.1. The van der Waals surface area contributed by atoms with Crippen LogP contribution < -0.4 is 5.32 Å². The second kappa shape index (κ2) is 10.4. The van der Waals surface area contributed by atoms with Crippen molar-refractivity contribution in [3.05, 3.63) is 82.5 Å². The lowest BCUT2D eigenvalue weighted by atomic mass is 9.98. The lowest BCUT2D eigenvalue weighted by molar-refractivity contribution is 0.0942. The van der Waals surface area contributed by atoms with Gasteiger partial charge < -0.3 is 10.2 Å². The zero-order valence-electron chi connectivity index (χ0n) is 20.6. The SMILES string of the molecule is CCc1nc2c(C)cccn2c1C(=O)NCC1C=CC(N2CCN(C3C=CC(Cl)=CC3)CC2)=CC1. The van der Waals surface area contributed by atoms with Crippen LogP contribution in [0.25, 0.3) is 5.65 Å². The van der Waals surface area contributed by atoms with Gasteiger partial charge in [0.2, 0.25) is 0 Å². The number of pyridine rings is 1. The van der Waals surface area contributed by atoms with Gasteiger partial charge in [-0.25, -0.2) is 4.98 Å². The van der Waals surface area contributed by atoms with Crippen LogP contribution in [0.3, 0.4) is 0 Å². The van der Waals surface area contributed by atoms with E-state index in [9.17, 15) is 4.79 Å². The third-order valence-corrected chi connectivity index (χ3v) is 7.62. The van der Waals surface area contributed by atoms with Crippen molar-refractivity contribution in [2.24, 2.45) is 5.92 Å². The highest BCUT2D eigenvalue weighted by Gasteiger charge is 2.25. The highest BCUT2D eigenvalue weighted by Crippen LogP contribution is 2.24. The maximum atomic E-state index is 13.1. The molecule has 7 heteroatoms. The van der Waals surface area contributed by atoms with E-state index < -0.39 is 0 Å². The van der Waals surface area contributed by atoms with Gasteiger partial charge in [0.15, 0.2) is 0 Å². The van der Waals surface area contributed by atoms with E-state index in [0.29, 0.717) is 24.2 Å². The fourth-order valence-electron chi connectivity index (χ4n) is 5.25. The molecular weight excluding hydrogens is 458 g/mol. The third-order valence-electron chi connectivity index (χ3n) is 7.34. The minimum atomic E-state index is -0.0489. The van der Waals surface area contributed by atoms with E-state index in [1.807, 2.05) is 42.7 Å². The van der Waals surface area contributed by atoms with Gasteiger partial charge in [0.05, 0.1) is 5.69 Å². The Labute approximate surface area is 212 Å². The highest BCUT2D eigenvalue weighted by atomic mass is 35.5. The molecule has 0 spiro atoms. The molecule has 1 fully saturated rings. The van der Waals surface area contributed by atoms with Gasteiger partial charge in [-0.15, -0.1) is 0 Å². The summed E-state index contributed by atoms with van der Waals surface area (Å²) in [5, 5.41) is 4.01. The van der Waals surface area contributed by atoms with Crippen LogP contribution in [-0.4, -0.2) is 63.9 Å². The molecule has 0 aromatic carbocycles. The fourth-order valence-corrected chi connectivity index (χ4v) is 5.41. The van der Waals surface area contributed by atoms with Crippen LogP contribution in [0, 0.1) is 12.8 Å². The molecule has 184 valence electrons. The van der Waals surface area contributed by atoms with E-state index in [-0.39, 0.29) is 5.91 Å². The molecule has 2 atom stereocenters. The van der Waals surface area contributed by atoms with E-state index in [0.717, 1.165) is 67.4 Å². The number of hydrogen-bond acceptors (Lipinski definition) is 4. The van der Waals surface area contributed by atoms with Gasteiger partial charge in [-0.1, -0.05) is 48.9 Å². The van der Waals surface area contributed by atoms with Crippen molar-refractivity contribution in [2.45, 2.75) is 39.2 Å². The van der Waals surface area contributed by atoms with Gasteiger partial charge in [0.25, 0.3) is 5.91 Å². The molecule has 1 amide bonds. The van der Waals surface area contributed by atoms with E-state index in [2.05, 4.69) is 45.5 Å². The monoisotopic (exact) mass is 491 g/mol. The topological polar surface area (TPSA) is 52.9 Å². The van der Waals surface area contributed by atoms with Crippen molar-refractivity contribution in [3.8, 4) is 0 Å². The first-order valence-corrected chi connectivity index (χ1v) is 13.1. The molecule has 1 aliphatic heterocycles. The summed E-state index contributed by atoms with van der Waals surface area (Å²) in [5.41, 5.74) is 4.75. The number of carbonyl (C=O) groups excluding carboxylic acids is 1. The summed E-state index contributed by atoms with van der Waals surface area (Å²) in [5.74, 6) is 0.256. The average Bonchev–Trinajstić information content (AvgIpc) is 3.28. The Balaban J connectivity index is 1.13. The Kier molecular flexibility index (Phi) is 7.12. The molecule has 0 radical (unpaired) electrons. The molecule has 0 saturated carbocycles. The van der Waals surface area contributed by atoms with Crippen LogP contribution in [0.2, 0.25) is 0 Å². The summed E-state index contributed by atoms with van der Waals surface area (Å²) in [6.45, 7) is 8.88. The third kappa shape index (κ3) is 5.09. The van der Waals surface area contributed by atoms with Crippen molar-refractivity contribution < 1.29 is 4.79 Å². The number of nitrogens with one attached hydrogen (secondary N) is 1. The van der Waals surface area contributed by atoms with Crippen molar-refractivity contribution in [3.63, 3.8) is 0 Å². The van der Waals surface area contributed by atoms with Crippen molar-refractivity contribution in [1.82, 2.24) is 24.5 Å². The smallest absolute Gasteiger partial charge is 0.270 e. The van der Waals surface area contributed by atoms with Crippen LogP contribution in [0.5, 0.6) is 0 Å². The summed E-state index contributed by atoms with van der Waals surface area (Å²) >= 11 is 6.07. The molecule has 2 aromatic heterocycles. The summed E-state index contributed by atoms with van der Waals surface area (Å²) < 4.78 is 1.92. The van der Waals surface area contributed by atoms with Gasteiger partial charge in [-0.05, 0) is 55.9 Å². The predicted molar refractivity (Wildman–Crippen MR) is 142 cm³/mol. The molecular formula is C28H34ClN5O. The molecule has 3 heterocycles.